The molecular weight excluding hydrogens is 404 g/mol. The van der Waals surface area contributed by atoms with Gasteiger partial charge in [-0.2, -0.15) is 4.09 Å². The van der Waals surface area contributed by atoms with Crippen molar-refractivity contribution in [2.24, 2.45) is 0 Å². The van der Waals surface area contributed by atoms with Crippen LogP contribution in [0, 0.1) is 6.92 Å². The molecule has 0 atom stereocenters. The van der Waals surface area contributed by atoms with Crippen LogP contribution >= 0.6 is 0 Å². The van der Waals surface area contributed by atoms with E-state index in [-0.39, 0.29) is 11.7 Å². The highest BCUT2D eigenvalue weighted by molar-refractivity contribution is 7.89. The molecule has 154 valence electrons. The molecule has 3 aromatic heterocycles. The fourth-order valence-electron chi connectivity index (χ4n) is 3.24. The minimum atomic E-state index is -3.48. The summed E-state index contributed by atoms with van der Waals surface area (Å²) in [4.78, 5) is 21.2. The Morgan fingerprint density at radius 2 is 2.03 bits per heavy atom. The second-order valence-electron chi connectivity index (χ2n) is 6.86. The van der Waals surface area contributed by atoms with Crippen LogP contribution in [0.3, 0.4) is 0 Å². The van der Waals surface area contributed by atoms with Crippen molar-refractivity contribution in [2.75, 3.05) is 16.4 Å². The molecule has 0 aliphatic carbocycles. The SMILES string of the molecule is CCS(=O)(=O)n1ccc(N/C(C)=C2\C(=O)Nc3cnc(-c4cnccc4C)cc32)n1. The Balaban J connectivity index is 1.72. The summed E-state index contributed by atoms with van der Waals surface area (Å²) >= 11 is 0. The third-order valence-electron chi connectivity index (χ3n) is 4.87. The van der Waals surface area contributed by atoms with Crippen LogP contribution in [0.25, 0.3) is 16.8 Å². The predicted octanol–water partition coefficient (Wildman–Crippen LogP) is 2.64. The van der Waals surface area contributed by atoms with E-state index in [4.69, 9.17) is 0 Å². The highest BCUT2D eigenvalue weighted by Crippen LogP contribution is 2.36. The quantitative estimate of drug-likeness (QED) is 0.604. The molecule has 2 N–H and O–H groups in total. The molecule has 4 rings (SSSR count). The van der Waals surface area contributed by atoms with E-state index in [9.17, 15) is 13.2 Å². The average Bonchev–Trinajstić information content (AvgIpc) is 3.31. The Hall–Kier alpha value is -3.53. The maximum absolute atomic E-state index is 12.6. The Morgan fingerprint density at radius 3 is 2.77 bits per heavy atom. The first-order valence-electron chi connectivity index (χ1n) is 9.29. The molecule has 0 unspecified atom stereocenters. The Morgan fingerprint density at radius 1 is 1.23 bits per heavy atom. The van der Waals surface area contributed by atoms with Gasteiger partial charge in [0, 0.05) is 41.5 Å². The number of amides is 1. The van der Waals surface area contributed by atoms with Crippen molar-refractivity contribution in [2.45, 2.75) is 20.8 Å². The van der Waals surface area contributed by atoms with E-state index in [2.05, 4.69) is 25.7 Å². The molecule has 0 bridgehead atoms. The lowest BCUT2D eigenvalue weighted by molar-refractivity contribution is -0.110. The van der Waals surface area contributed by atoms with Crippen molar-refractivity contribution in [1.29, 1.82) is 0 Å². The van der Waals surface area contributed by atoms with Crippen LogP contribution in [0.1, 0.15) is 25.0 Å². The van der Waals surface area contributed by atoms with E-state index in [1.165, 1.54) is 6.20 Å². The largest absolute Gasteiger partial charge is 0.342 e. The van der Waals surface area contributed by atoms with Crippen LogP contribution in [0.5, 0.6) is 0 Å². The van der Waals surface area contributed by atoms with Crippen LogP contribution in [0.2, 0.25) is 0 Å². The summed E-state index contributed by atoms with van der Waals surface area (Å²) in [6.07, 6.45) is 6.45. The van der Waals surface area contributed by atoms with E-state index in [1.54, 1.807) is 38.5 Å². The Bertz CT molecular complexity index is 1290. The number of fused-ring (bicyclic) bond motifs is 1. The normalized spacial score (nSPS) is 15.0. The third kappa shape index (κ3) is 3.45. The van der Waals surface area contributed by atoms with Gasteiger partial charge in [-0.05, 0) is 38.5 Å². The standard InChI is InChI=1S/C20H20N6O3S/c1-4-30(28,29)26-8-6-18(25-26)23-13(3)19-14-9-16(15-10-21-7-5-12(15)2)22-11-17(14)24-20(19)27/h5-11H,4H2,1-3H3,(H,23,25)(H,24,27)/b19-13-. The van der Waals surface area contributed by atoms with E-state index in [0.717, 1.165) is 15.2 Å². The molecule has 9 nitrogen and oxygen atoms in total. The van der Waals surface area contributed by atoms with E-state index >= 15 is 0 Å². The second kappa shape index (κ2) is 7.38. The smallest absolute Gasteiger partial charge is 0.258 e. The molecule has 3 aromatic rings. The van der Waals surface area contributed by atoms with Crippen molar-refractivity contribution in [1.82, 2.24) is 19.2 Å². The summed E-state index contributed by atoms with van der Waals surface area (Å²) in [6.45, 7) is 5.26. The molecule has 1 aliphatic heterocycles. The topological polar surface area (TPSA) is 119 Å². The molecule has 1 aliphatic rings. The number of hydrogen-bond acceptors (Lipinski definition) is 7. The monoisotopic (exact) mass is 424 g/mol. The average molecular weight is 424 g/mol. The summed E-state index contributed by atoms with van der Waals surface area (Å²) in [5.74, 6) is 0.00109. The Labute approximate surface area is 173 Å². The van der Waals surface area contributed by atoms with Crippen LogP contribution in [-0.4, -0.2) is 39.2 Å². The zero-order chi connectivity index (χ0) is 21.5. The van der Waals surface area contributed by atoms with E-state index in [1.807, 2.05) is 19.1 Å². The van der Waals surface area contributed by atoms with Crippen molar-refractivity contribution in [3.8, 4) is 11.3 Å². The zero-order valence-electron chi connectivity index (χ0n) is 16.7. The molecule has 0 aromatic carbocycles. The van der Waals surface area contributed by atoms with Gasteiger partial charge in [0.2, 0.25) is 0 Å². The first kappa shape index (κ1) is 19.8. The number of rotatable bonds is 5. The molecule has 0 spiro atoms. The lowest BCUT2D eigenvalue weighted by Crippen LogP contribution is -2.15. The van der Waals surface area contributed by atoms with Crippen LogP contribution < -0.4 is 10.6 Å². The number of aryl methyl sites for hydroxylation is 1. The minimum Gasteiger partial charge on any atom is -0.342 e. The number of nitrogens with zero attached hydrogens (tertiary/aromatic N) is 4. The molecule has 1 amide bonds. The third-order valence-corrected chi connectivity index (χ3v) is 6.37. The van der Waals surface area contributed by atoms with E-state index in [0.29, 0.717) is 34.0 Å². The van der Waals surface area contributed by atoms with Gasteiger partial charge in [0.25, 0.3) is 15.9 Å². The zero-order valence-corrected chi connectivity index (χ0v) is 17.5. The van der Waals surface area contributed by atoms with Crippen LogP contribution in [-0.2, 0) is 14.8 Å². The lowest BCUT2D eigenvalue weighted by Gasteiger charge is -2.09. The summed E-state index contributed by atoms with van der Waals surface area (Å²) in [5, 5.41) is 9.89. The molecule has 0 radical (unpaired) electrons. The summed E-state index contributed by atoms with van der Waals surface area (Å²) in [6, 6.07) is 5.29. The molecule has 10 heteroatoms. The number of pyridine rings is 2. The molecule has 30 heavy (non-hydrogen) atoms. The van der Waals surface area contributed by atoms with Gasteiger partial charge in [0.05, 0.1) is 28.9 Å². The van der Waals surface area contributed by atoms with Crippen molar-refractivity contribution in [3.63, 3.8) is 0 Å². The van der Waals surface area contributed by atoms with Gasteiger partial charge < -0.3 is 10.6 Å². The number of hydrogen-bond donors (Lipinski definition) is 2. The number of carbonyl (C=O) groups excluding carboxylic acids is 1. The van der Waals surface area contributed by atoms with Crippen molar-refractivity contribution >= 4 is 33.0 Å². The van der Waals surface area contributed by atoms with Crippen LogP contribution in [0.4, 0.5) is 11.5 Å². The molecule has 0 saturated heterocycles. The minimum absolute atomic E-state index is 0.0620. The molecular formula is C20H20N6O3S. The lowest BCUT2D eigenvalue weighted by atomic mass is 10.0. The summed E-state index contributed by atoms with van der Waals surface area (Å²) in [5.41, 5.74) is 4.93. The van der Waals surface area contributed by atoms with Gasteiger partial charge in [-0.25, -0.2) is 8.42 Å². The van der Waals surface area contributed by atoms with Gasteiger partial charge in [-0.3, -0.25) is 14.8 Å². The van der Waals surface area contributed by atoms with Crippen LogP contribution in [0.15, 0.2) is 48.7 Å². The van der Waals surface area contributed by atoms with E-state index < -0.39 is 10.0 Å². The van der Waals surface area contributed by atoms with Crippen molar-refractivity contribution in [3.05, 3.63) is 59.8 Å². The predicted molar refractivity (Wildman–Crippen MR) is 114 cm³/mol. The highest BCUT2D eigenvalue weighted by Gasteiger charge is 2.28. The number of carbonyl (C=O) groups is 1. The number of allylic oxidation sites excluding steroid dienone is 1. The van der Waals surface area contributed by atoms with Crippen molar-refractivity contribution < 1.29 is 13.2 Å². The van der Waals surface area contributed by atoms with Gasteiger partial charge in [-0.15, -0.1) is 5.10 Å². The first-order valence-corrected chi connectivity index (χ1v) is 10.9. The molecule has 4 heterocycles. The number of anilines is 2. The summed E-state index contributed by atoms with van der Waals surface area (Å²) in [7, 11) is -3.48. The number of aromatic nitrogens is 4. The van der Waals surface area contributed by atoms with Gasteiger partial charge in [0.15, 0.2) is 5.82 Å². The van der Waals surface area contributed by atoms with Gasteiger partial charge in [0.1, 0.15) is 0 Å². The second-order valence-corrected chi connectivity index (χ2v) is 8.97. The fourth-order valence-corrected chi connectivity index (χ4v) is 3.96. The molecule has 0 fully saturated rings. The van der Waals surface area contributed by atoms with Gasteiger partial charge >= 0.3 is 0 Å². The number of nitrogens with one attached hydrogen (secondary N) is 2. The highest BCUT2D eigenvalue weighted by atomic mass is 32.2. The first-order chi connectivity index (χ1) is 14.3. The van der Waals surface area contributed by atoms with Gasteiger partial charge in [-0.1, -0.05) is 0 Å². The maximum Gasteiger partial charge on any atom is 0.258 e. The molecule has 0 saturated carbocycles. The maximum atomic E-state index is 12.6. The summed E-state index contributed by atoms with van der Waals surface area (Å²) < 4.78 is 24.8. The Kier molecular flexibility index (Phi) is 4.86. The fraction of sp³-hybridized carbons (Fsp3) is 0.200.